The molecule has 0 aromatic heterocycles. The molecule has 0 saturated carbocycles. The Morgan fingerprint density at radius 3 is 3.06 bits per heavy atom. The summed E-state index contributed by atoms with van der Waals surface area (Å²) in [6.45, 7) is 4.03. The van der Waals surface area contributed by atoms with Gasteiger partial charge in [-0.15, -0.1) is 0 Å². The minimum absolute atomic E-state index is 0.121. The molecule has 1 aromatic carbocycles. The Bertz CT molecular complexity index is 432. The van der Waals surface area contributed by atoms with Crippen LogP contribution in [0.2, 0.25) is 0 Å². The number of rotatable bonds is 5. The van der Waals surface area contributed by atoms with Crippen molar-refractivity contribution >= 4 is 17.3 Å². The first kappa shape index (κ1) is 12.9. The number of hydrogen-bond acceptors (Lipinski definition) is 3. The van der Waals surface area contributed by atoms with Gasteiger partial charge < -0.3 is 15.4 Å². The lowest BCUT2D eigenvalue weighted by Gasteiger charge is -2.17. The maximum Gasteiger partial charge on any atom is 0.229 e. The summed E-state index contributed by atoms with van der Waals surface area (Å²) in [4.78, 5) is 13.9. The highest BCUT2D eigenvalue weighted by molar-refractivity contribution is 5.96. The minimum atomic E-state index is 0.121. The molecule has 0 spiro atoms. The van der Waals surface area contributed by atoms with Crippen molar-refractivity contribution in [2.45, 2.75) is 26.2 Å². The number of carbonyl (C=O) groups is 1. The number of carbonyl (C=O) groups excluding carboxylic acids is 1. The van der Waals surface area contributed by atoms with Gasteiger partial charge in [0.25, 0.3) is 0 Å². The average molecular weight is 248 g/mol. The van der Waals surface area contributed by atoms with Gasteiger partial charge in [-0.3, -0.25) is 4.79 Å². The number of nitrogens with zero attached hydrogens (tertiary/aromatic N) is 1. The molecule has 0 unspecified atom stereocenters. The fraction of sp³-hybridized carbons (Fsp3) is 0.500. The molecule has 1 heterocycles. The number of ether oxygens (including phenoxy) is 1. The van der Waals surface area contributed by atoms with Crippen molar-refractivity contribution in [3.8, 4) is 0 Å². The van der Waals surface area contributed by atoms with Gasteiger partial charge in [-0.2, -0.15) is 0 Å². The third-order valence-corrected chi connectivity index (χ3v) is 3.11. The second-order valence-electron chi connectivity index (χ2n) is 4.55. The van der Waals surface area contributed by atoms with Gasteiger partial charge in [0.1, 0.15) is 0 Å². The van der Waals surface area contributed by atoms with Crippen LogP contribution in [0.4, 0.5) is 11.4 Å². The zero-order valence-electron chi connectivity index (χ0n) is 10.8. The molecule has 1 aliphatic heterocycles. The highest BCUT2D eigenvalue weighted by atomic mass is 16.5. The molecule has 98 valence electrons. The molecule has 1 amide bonds. The number of fused-ring (bicyclic) bond motifs is 1. The number of anilines is 2. The molecule has 0 radical (unpaired) electrons. The molecule has 0 fully saturated rings. The van der Waals surface area contributed by atoms with Crippen molar-refractivity contribution < 1.29 is 9.53 Å². The van der Waals surface area contributed by atoms with Crippen LogP contribution in [0.1, 0.15) is 25.3 Å². The lowest BCUT2D eigenvalue weighted by Crippen LogP contribution is -2.29. The van der Waals surface area contributed by atoms with Crippen LogP contribution in [0.25, 0.3) is 0 Å². The Labute approximate surface area is 108 Å². The minimum Gasteiger partial charge on any atom is -0.399 e. The maximum atomic E-state index is 12.1. The van der Waals surface area contributed by atoms with Crippen LogP contribution in [0.15, 0.2) is 18.2 Å². The Morgan fingerprint density at radius 1 is 1.44 bits per heavy atom. The maximum absolute atomic E-state index is 12.1. The molecular formula is C14H20N2O2. The highest BCUT2D eigenvalue weighted by Crippen LogP contribution is 2.30. The van der Waals surface area contributed by atoms with E-state index in [-0.39, 0.29) is 5.91 Å². The summed E-state index contributed by atoms with van der Waals surface area (Å²) in [5.41, 5.74) is 8.64. The monoisotopic (exact) mass is 248 g/mol. The molecule has 4 nitrogen and oxygen atoms in total. The summed E-state index contributed by atoms with van der Waals surface area (Å²) in [7, 11) is 0. The quantitative estimate of drug-likeness (QED) is 0.640. The van der Waals surface area contributed by atoms with Crippen molar-refractivity contribution in [1.82, 2.24) is 0 Å². The molecule has 2 rings (SSSR count). The highest BCUT2D eigenvalue weighted by Gasteiger charge is 2.24. The fourth-order valence-corrected chi connectivity index (χ4v) is 2.20. The van der Waals surface area contributed by atoms with Crippen molar-refractivity contribution in [2.24, 2.45) is 0 Å². The normalized spacial score (nSPS) is 13.7. The molecule has 18 heavy (non-hydrogen) atoms. The summed E-state index contributed by atoms with van der Waals surface area (Å²) in [5, 5.41) is 0. The van der Waals surface area contributed by atoms with Crippen molar-refractivity contribution in [3.05, 3.63) is 23.8 Å². The number of nitrogen functional groups attached to an aromatic ring is 1. The van der Waals surface area contributed by atoms with E-state index in [1.165, 1.54) is 5.56 Å². The Kier molecular flexibility index (Phi) is 4.20. The van der Waals surface area contributed by atoms with Gasteiger partial charge in [0, 0.05) is 24.5 Å². The predicted octanol–water partition coefficient (Wildman–Crippen LogP) is 1.97. The van der Waals surface area contributed by atoms with Crippen LogP contribution < -0.4 is 10.6 Å². The first-order valence-electron chi connectivity index (χ1n) is 6.49. The molecular weight excluding hydrogens is 228 g/mol. The smallest absolute Gasteiger partial charge is 0.229 e. The second-order valence-corrected chi connectivity index (χ2v) is 4.55. The van der Waals surface area contributed by atoms with Crippen LogP contribution >= 0.6 is 0 Å². The molecule has 0 bridgehead atoms. The summed E-state index contributed by atoms with van der Waals surface area (Å²) < 4.78 is 5.35. The molecule has 0 aliphatic carbocycles. The van der Waals surface area contributed by atoms with E-state index in [2.05, 4.69) is 6.92 Å². The van der Waals surface area contributed by atoms with Crippen LogP contribution in [0.3, 0.4) is 0 Å². The van der Waals surface area contributed by atoms with E-state index < -0.39 is 0 Å². The number of benzene rings is 1. The van der Waals surface area contributed by atoms with E-state index in [4.69, 9.17) is 10.5 Å². The predicted molar refractivity (Wildman–Crippen MR) is 72.6 cm³/mol. The summed E-state index contributed by atoms with van der Waals surface area (Å²) >= 11 is 0. The lowest BCUT2D eigenvalue weighted by atomic mass is 10.1. The molecule has 0 saturated heterocycles. The average Bonchev–Trinajstić information content (AvgIpc) is 2.77. The van der Waals surface area contributed by atoms with E-state index in [0.29, 0.717) is 18.7 Å². The van der Waals surface area contributed by atoms with E-state index >= 15 is 0 Å². The SMILES string of the molecule is CCCOCCC(=O)N1CCc2ccc(N)cc21. The van der Waals surface area contributed by atoms with Gasteiger partial charge in [-0.25, -0.2) is 0 Å². The Balaban J connectivity index is 1.95. The first-order valence-corrected chi connectivity index (χ1v) is 6.49. The van der Waals surface area contributed by atoms with E-state index in [9.17, 15) is 4.79 Å². The number of nitrogens with two attached hydrogens (primary N) is 1. The van der Waals surface area contributed by atoms with Gasteiger partial charge in [-0.1, -0.05) is 13.0 Å². The van der Waals surface area contributed by atoms with Gasteiger partial charge >= 0.3 is 0 Å². The molecule has 1 aromatic rings. The van der Waals surface area contributed by atoms with Crippen molar-refractivity contribution in [1.29, 1.82) is 0 Å². The Morgan fingerprint density at radius 2 is 2.28 bits per heavy atom. The van der Waals surface area contributed by atoms with Crippen molar-refractivity contribution in [2.75, 3.05) is 30.4 Å². The zero-order chi connectivity index (χ0) is 13.0. The van der Waals surface area contributed by atoms with E-state index in [1.807, 2.05) is 23.1 Å². The standard InChI is InChI=1S/C14H20N2O2/c1-2-8-18-9-6-14(17)16-7-5-11-3-4-12(15)10-13(11)16/h3-4,10H,2,5-9,15H2,1H3. The zero-order valence-corrected chi connectivity index (χ0v) is 10.8. The Hall–Kier alpha value is -1.55. The topological polar surface area (TPSA) is 55.6 Å². The fourth-order valence-electron chi connectivity index (χ4n) is 2.20. The van der Waals surface area contributed by atoms with Gasteiger partial charge in [0.2, 0.25) is 5.91 Å². The molecule has 1 aliphatic rings. The number of amides is 1. The largest absolute Gasteiger partial charge is 0.399 e. The van der Waals surface area contributed by atoms with Gasteiger partial charge in [0.15, 0.2) is 0 Å². The third kappa shape index (κ3) is 2.82. The lowest BCUT2D eigenvalue weighted by molar-refractivity contribution is -0.119. The summed E-state index contributed by atoms with van der Waals surface area (Å²) in [5.74, 6) is 0.121. The molecule has 2 N–H and O–H groups in total. The van der Waals surface area contributed by atoms with E-state index in [1.54, 1.807) is 0 Å². The number of hydrogen-bond donors (Lipinski definition) is 1. The van der Waals surface area contributed by atoms with Crippen LogP contribution in [0.5, 0.6) is 0 Å². The molecule has 4 heteroatoms. The van der Waals surface area contributed by atoms with Gasteiger partial charge in [-0.05, 0) is 30.5 Å². The van der Waals surface area contributed by atoms with Crippen LogP contribution in [-0.4, -0.2) is 25.7 Å². The van der Waals surface area contributed by atoms with Crippen molar-refractivity contribution in [3.63, 3.8) is 0 Å². The summed E-state index contributed by atoms with van der Waals surface area (Å²) in [6.07, 6.45) is 2.34. The van der Waals surface area contributed by atoms with Crippen LogP contribution in [0, 0.1) is 0 Å². The summed E-state index contributed by atoms with van der Waals surface area (Å²) in [6, 6.07) is 5.77. The van der Waals surface area contributed by atoms with Crippen LogP contribution in [-0.2, 0) is 16.0 Å². The third-order valence-electron chi connectivity index (χ3n) is 3.11. The second kappa shape index (κ2) is 5.87. The van der Waals surface area contributed by atoms with E-state index in [0.717, 1.165) is 31.7 Å². The molecule has 0 atom stereocenters. The van der Waals surface area contributed by atoms with Gasteiger partial charge in [0.05, 0.1) is 13.0 Å². The first-order chi connectivity index (χ1) is 8.72.